The fourth-order valence-electron chi connectivity index (χ4n) is 2.74. The molecule has 0 spiro atoms. The van der Waals surface area contributed by atoms with Crippen molar-refractivity contribution < 1.29 is 4.79 Å². The molecule has 2 rings (SSSR count). The van der Waals surface area contributed by atoms with Gasteiger partial charge in [-0.3, -0.25) is 4.79 Å². The van der Waals surface area contributed by atoms with Crippen molar-refractivity contribution in [3.05, 3.63) is 33.8 Å². The molecule has 104 valence electrons. The molecule has 4 heteroatoms. The highest BCUT2D eigenvalue weighted by molar-refractivity contribution is 9.10. The second-order valence-corrected chi connectivity index (χ2v) is 6.08. The monoisotopic (exact) mass is 324 g/mol. The van der Waals surface area contributed by atoms with Gasteiger partial charge in [-0.15, -0.1) is 0 Å². The van der Waals surface area contributed by atoms with Gasteiger partial charge in [-0.05, 0) is 57.0 Å². The summed E-state index contributed by atoms with van der Waals surface area (Å²) in [4.78, 5) is 14.7. The molecule has 1 heterocycles. The molecule has 1 unspecified atom stereocenters. The van der Waals surface area contributed by atoms with Gasteiger partial charge in [-0.2, -0.15) is 0 Å². The van der Waals surface area contributed by atoms with Crippen LogP contribution in [0.3, 0.4) is 0 Å². The Hall–Kier alpha value is -0.870. The molecular formula is C15H21BrN2O. The third-order valence-corrected chi connectivity index (χ3v) is 4.24. The largest absolute Gasteiger partial charge is 0.334 e. The van der Waals surface area contributed by atoms with Gasteiger partial charge >= 0.3 is 0 Å². The highest BCUT2D eigenvalue weighted by Gasteiger charge is 2.27. The fourth-order valence-corrected chi connectivity index (χ4v) is 3.21. The zero-order valence-electron chi connectivity index (χ0n) is 11.6. The van der Waals surface area contributed by atoms with Crippen molar-refractivity contribution in [1.29, 1.82) is 0 Å². The topological polar surface area (TPSA) is 32.3 Å². The van der Waals surface area contributed by atoms with Crippen molar-refractivity contribution in [3.8, 4) is 0 Å². The second-order valence-electron chi connectivity index (χ2n) is 5.17. The SMILES string of the molecule is CNCC1CCCCN1C(=O)c1ccc(Br)cc1C. The number of carbonyl (C=O) groups excluding carboxylic acids is 1. The molecule has 1 N–H and O–H groups in total. The number of rotatable bonds is 3. The molecule has 1 aliphatic heterocycles. The van der Waals surface area contributed by atoms with E-state index in [9.17, 15) is 4.79 Å². The minimum Gasteiger partial charge on any atom is -0.334 e. The summed E-state index contributed by atoms with van der Waals surface area (Å²) in [7, 11) is 1.95. The number of nitrogens with zero attached hydrogens (tertiary/aromatic N) is 1. The summed E-state index contributed by atoms with van der Waals surface area (Å²) in [5.74, 6) is 0.171. The quantitative estimate of drug-likeness (QED) is 0.927. The van der Waals surface area contributed by atoms with E-state index in [1.54, 1.807) is 0 Å². The summed E-state index contributed by atoms with van der Waals surface area (Å²) in [5.41, 5.74) is 1.86. The van der Waals surface area contributed by atoms with Crippen LogP contribution in [0.5, 0.6) is 0 Å². The maximum atomic E-state index is 12.7. The van der Waals surface area contributed by atoms with Crippen LogP contribution < -0.4 is 5.32 Å². The van der Waals surface area contributed by atoms with E-state index in [0.29, 0.717) is 6.04 Å². The van der Waals surface area contributed by atoms with Crippen molar-refractivity contribution >= 4 is 21.8 Å². The minimum atomic E-state index is 0.171. The summed E-state index contributed by atoms with van der Waals surface area (Å²) in [6.07, 6.45) is 3.43. The smallest absolute Gasteiger partial charge is 0.254 e. The van der Waals surface area contributed by atoms with Crippen LogP contribution in [-0.2, 0) is 0 Å². The standard InChI is InChI=1S/C15H21BrN2O/c1-11-9-12(16)6-7-14(11)15(19)18-8-4-3-5-13(18)10-17-2/h6-7,9,13,17H,3-5,8,10H2,1-2H3. The Labute approximate surface area is 123 Å². The molecule has 0 bridgehead atoms. The number of hydrogen-bond acceptors (Lipinski definition) is 2. The zero-order valence-corrected chi connectivity index (χ0v) is 13.2. The number of nitrogens with one attached hydrogen (secondary N) is 1. The number of likely N-dealkylation sites (N-methyl/N-ethyl adjacent to an activating group) is 1. The van der Waals surface area contributed by atoms with Crippen LogP contribution in [0.25, 0.3) is 0 Å². The third-order valence-electron chi connectivity index (χ3n) is 3.75. The van der Waals surface area contributed by atoms with Crippen LogP contribution in [0.15, 0.2) is 22.7 Å². The number of likely N-dealkylation sites (tertiary alicyclic amines) is 1. The van der Waals surface area contributed by atoms with Crippen molar-refractivity contribution in [3.63, 3.8) is 0 Å². The normalized spacial score (nSPS) is 19.5. The number of aryl methyl sites for hydroxylation is 1. The van der Waals surface area contributed by atoms with Gasteiger partial charge in [0.25, 0.3) is 5.91 Å². The average molecular weight is 325 g/mol. The molecule has 1 aromatic rings. The van der Waals surface area contributed by atoms with E-state index in [1.165, 1.54) is 6.42 Å². The van der Waals surface area contributed by atoms with Gasteiger partial charge in [-0.25, -0.2) is 0 Å². The van der Waals surface area contributed by atoms with Crippen LogP contribution in [0.1, 0.15) is 35.2 Å². The summed E-state index contributed by atoms with van der Waals surface area (Å²) in [6, 6.07) is 6.20. The molecule has 0 radical (unpaired) electrons. The van der Waals surface area contributed by atoms with Crippen molar-refractivity contribution in [2.24, 2.45) is 0 Å². The van der Waals surface area contributed by atoms with E-state index in [2.05, 4.69) is 21.2 Å². The summed E-state index contributed by atoms with van der Waals surface area (Å²) >= 11 is 3.44. The van der Waals surface area contributed by atoms with E-state index in [-0.39, 0.29) is 5.91 Å². The maximum absolute atomic E-state index is 12.7. The van der Waals surface area contributed by atoms with Crippen molar-refractivity contribution in [2.45, 2.75) is 32.2 Å². The van der Waals surface area contributed by atoms with Gasteiger partial charge in [0.2, 0.25) is 0 Å². The van der Waals surface area contributed by atoms with E-state index in [1.807, 2.05) is 37.1 Å². The Morgan fingerprint density at radius 2 is 2.26 bits per heavy atom. The number of halogens is 1. The van der Waals surface area contributed by atoms with Crippen molar-refractivity contribution in [1.82, 2.24) is 10.2 Å². The molecule has 1 saturated heterocycles. The van der Waals surface area contributed by atoms with Gasteiger partial charge < -0.3 is 10.2 Å². The first-order valence-electron chi connectivity index (χ1n) is 6.85. The molecule has 0 saturated carbocycles. The zero-order chi connectivity index (χ0) is 13.8. The van der Waals surface area contributed by atoms with Crippen molar-refractivity contribution in [2.75, 3.05) is 20.1 Å². The van der Waals surface area contributed by atoms with Gasteiger partial charge in [0, 0.05) is 29.2 Å². The molecule has 0 aliphatic carbocycles. The molecular weight excluding hydrogens is 304 g/mol. The lowest BCUT2D eigenvalue weighted by Gasteiger charge is -2.36. The summed E-state index contributed by atoms with van der Waals surface area (Å²) in [6.45, 7) is 3.75. The molecule has 1 amide bonds. The average Bonchev–Trinajstić information content (AvgIpc) is 2.39. The van der Waals surface area contributed by atoms with E-state index >= 15 is 0 Å². The lowest BCUT2D eigenvalue weighted by atomic mass is 9.99. The summed E-state index contributed by atoms with van der Waals surface area (Å²) in [5, 5.41) is 3.20. The van der Waals surface area contributed by atoms with E-state index in [0.717, 1.165) is 41.5 Å². The molecule has 1 fully saturated rings. The Balaban J connectivity index is 2.21. The van der Waals surface area contributed by atoms with Gasteiger partial charge in [0.1, 0.15) is 0 Å². The highest BCUT2D eigenvalue weighted by Crippen LogP contribution is 2.22. The molecule has 0 aromatic heterocycles. The summed E-state index contributed by atoms with van der Waals surface area (Å²) < 4.78 is 1.02. The van der Waals surface area contributed by atoms with Gasteiger partial charge in [0.15, 0.2) is 0 Å². The molecule has 3 nitrogen and oxygen atoms in total. The van der Waals surface area contributed by atoms with Crippen LogP contribution in [0.2, 0.25) is 0 Å². The van der Waals surface area contributed by atoms with Crippen LogP contribution >= 0.6 is 15.9 Å². The minimum absolute atomic E-state index is 0.171. The number of benzene rings is 1. The maximum Gasteiger partial charge on any atom is 0.254 e. The Morgan fingerprint density at radius 3 is 2.95 bits per heavy atom. The Bertz CT molecular complexity index is 459. The lowest BCUT2D eigenvalue weighted by Crippen LogP contribution is -2.48. The number of hydrogen-bond donors (Lipinski definition) is 1. The molecule has 1 atom stereocenters. The molecule has 1 aromatic carbocycles. The first kappa shape index (κ1) is 14.5. The second kappa shape index (κ2) is 6.53. The highest BCUT2D eigenvalue weighted by atomic mass is 79.9. The van der Waals surface area contributed by atoms with Crippen LogP contribution in [-0.4, -0.2) is 37.0 Å². The molecule has 19 heavy (non-hydrogen) atoms. The van der Waals surface area contributed by atoms with E-state index in [4.69, 9.17) is 0 Å². The fraction of sp³-hybridized carbons (Fsp3) is 0.533. The number of piperidine rings is 1. The number of amides is 1. The Kier molecular flexibility index (Phi) is 4.99. The van der Waals surface area contributed by atoms with Gasteiger partial charge in [0.05, 0.1) is 0 Å². The van der Waals surface area contributed by atoms with Crippen LogP contribution in [0, 0.1) is 6.92 Å². The third kappa shape index (κ3) is 3.37. The predicted octanol–water partition coefficient (Wildman–Crippen LogP) is 2.97. The predicted molar refractivity (Wildman–Crippen MR) is 81.5 cm³/mol. The first-order valence-corrected chi connectivity index (χ1v) is 7.64. The lowest BCUT2D eigenvalue weighted by molar-refractivity contribution is 0.0614. The Morgan fingerprint density at radius 1 is 1.47 bits per heavy atom. The first-order chi connectivity index (χ1) is 9.13. The van der Waals surface area contributed by atoms with Crippen LogP contribution in [0.4, 0.5) is 0 Å². The molecule has 1 aliphatic rings. The number of carbonyl (C=O) groups is 1. The van der Waals surface area contributed by atoms with E-state index < -0.39 is 0 Å². The van der Waals surface area contributed by atoms with Gasteiger partial charge in [-0.1, -0.05) is 15.9 Å².